The molecule has 1 atom stereocenters. The lowest BCUT2D eigenvalue weighted by Crippen LogP contribution is -2.37. The molecule has 2 N–H and O–H groups in total. The number of likely N-dealkylation sites (N-methyl/N-ethyl adjacent to an activating group) is 1. The Kier molecular flexibility index (Phi) is 6.29. The van der Waals surface area contributed by atoms with E-state index in [1.807, 2.05) is 74.9 Å². The van der Waals surface area contributed by atoms with E-state index in [9.17, 15) is 4.79 Å². The molecule has 0 saturated heterocycles. The van der Waals surface area contributed by atoms with Gasteiger partial charge in [0.15, 0.2) is 5.82 Å². The van der Waals surface area contributed by atoms with Crippen LogP contribution in [0, 0.1) is 0 Å². The first-order valence-corrected chi connectivity index (χ1v) is 9.03. The Morgan fingerprint density at radius 3 is 2.64 bits per heavy atom. The van der Waals surface area contributed by atoms with Crippen LogP contribution in [0.3, 0.4) is 0 Å². The number of para-hydroxylation sites is 1. The number of amides is 2. The molecule has 1 heterocycles. The Morgan fingerprint density at radius 2 is 1.93 bits per heavy atom. The zero-order valence-electron chi connectivity index (χ0n) is 16.3. The smallest absolute Gasteiger partial charge is 0.320 e. The second kappa shape index (κ2) is 9.05. The normalized spacial score (nSPS) is 11.9. The fourth-order valence-electron chi connectivity index (χ4n) is 2.91. The first-order valence-electron chi connectivity index (χ1n) is 9.03. The van der Waals surface area contributed by atoms with Gasteiger partial charge in [-0.05, 0) is 43.9 Å². The lowest BCUT2D eigenvalue weighted by atomic mass is 10.1. The van der Waals surface area contributed by atoms with Crippen LogP contribution < -0.4 is 15.4 Å². The number of ether oxygens (including phenoxy) is 1. The van der Waals surface area contributed by atoms with E-state index in [0.717, 1.165) is 17.0 Å². The zero-order valence-corrected chi connectivity index (χ0v) is 16.3. The van der Waals surface area contributed by atoms with Gasteiger partial charge in [0.25, 0.3) is 0 Å². The number of methoxy groups -OCH3 is 1. The predicted molar refractivity (Wildman–Crippen MR) is 110 cm³/mol. The molecule has 2 aromatic carbocycles. The van der Waals surface area contributed by atoms with Crippen LogP contribution in [0.5, 0.6) is 5.75 Å². The largest absolute Gasteiger partial charge is 0.497 e. The van der Waals surface area contributed by atoms with Crippen LogP contribution in [0.4, 0.5) is 10.6 Å². The second-order valence-electron chi connectivity index (χ2n) is 6.57. The number of carbonyl (C=O) groups excluding carboxylic acids is 1. The average Bonchev–Trinajstić information content (AvgIpc) is 3.17. The molecule has 0 aliphatic carbocycles. The molecule has 146 valence electrons. The summed E-state index contributed by atoms with van der Waals surface area (Å²) in [7, 11) is 5.60. The molecule has 1 unspecified atom stereocenters. The van der Waals surface area contributed by atoms with Crippen molar-refractivity contribution in [2.75, 3.05) is 33.1 Å². The van der Waals surface area contributed by atoms with Crippen molar-refractivity contribution >= 4 is 11.8 Å². The summed E-state index contributed by atoms with van der Waals surface area (Å²) in [4.78, 5) is 14.4. The van der Waals surface area contributed by atoms with Gasteiger partial charge in [-0.1, -0.05) is 30.3 Å². The molecule has 0 radical (unpaired) electrons. The first kappa shape index (κ1) is 19.4. The maximum Gasteiger partial charge on any atom is 0.320 e. The molecule has 3 rings (SSSR count). The van der Waals surface area contributed by atoms with Crippen LogP contribution in [0.15, 0.2) is 66.9 Å². The molecule has 7 nitrogen and oxygen atoms in total. The summed E-state index contributed by atoms with van der Waals surface area (Å²) >= 11 is 0. The summed E-state index contributed by atoms with van der Waals surface area (Å²) in [6.45, 7) is 0.450. The standard InChI is InChI=1S/C21H25N5O2/c1-25(2)19(16-8-7-11-18(14-16)28-3)15-22-21(27)23-20-12-13-26(24-20)17-9-5-4-6-10-17/h4-14,19H,15H2,1-3H3,(H2,22,23,24,27). The molecule has 3 aromatic rings. The lowest BCUT2D eigenvalue weighted by Gasteiger charge is -2.25. The van der Waals surface area contributed by atoms with Gasteiger partial charge in [-0.3, -0.25) is 5.32 Å². The molecule has 1 aromatic heterocycles. The van der Waals surface area contributed by atoms with Gasteiger partial charge in [0.05, 0.1) is 18.8 Å². The molecular weight excluding hydrogens is 354 g/mol. The Morgan fingerprint density at radius 1 is 1.14 bits per heavy atom. The van der Waals surface area contributed by atoms with Gasteiger partial charge < -0.3 is 15.0 Å². The predicted octanol–water partition coefficient (Wildman–Crippen LogP) is 3.31. The van der Waals surface area contributed by atoms with Crippen LogP contribution in [0.25, 0.3) is 5.69 Å². The van der Waals surface area contributed by atoms with Gasteiger partial charge in [-0.2, -0.15) is 0 Å². The van der Waals surface area contributed by atoms with Crippen molar-refractivity contribution in [2.24, 2.45) is 0 Å². The van der Waals surface area contributed by atoms with Gasteiger partial charge in [0, 0.05) is 18.8 Å². The van der Waals surface area contributed by atoms with Crippen LogP contribution in [0.1, 0.15) is 11.6 Å². The van der Waals surface area contributed by atoms with E-state index < -0.39 is 0 Å². The van der Waals surface area contributed by atoms with Crippen LogP contribution in [0.2, 0.25) is 0 Å². The van der Waals surface area contributed by atoms with Gasteiger partial charge >= 0.3 is 6.03 Å². The van der Waals surface area contributed by atoms with Gasteiger partial charge in [-0.25, -0.2) is 9.48 Å². The maximum atomic E-state index is 12.3. The minimum atomic E-state index is -0.298. The summed E-state index contributed by atoms with van der Waals surface area (Å²) in [6.07, 6.45) is 1.81. The zero-order chi connectivity index (χ0) is 19.9. The number of hydrogen-bond donors (Lipinski definition) is 2. The van der Waals surface area contributed by atoms with Crippen molar-refractivity contribution in [1.82, 2.24) is 20.0 Å². The van der Waals surface area contributed by atoms with Crippen molar-refractivity contribution in [3.8, 4) is 11.4 Å². The molecule has 7 heteroatoms. The molecule has 0 spiro atoms. The molecular formula is C21H25N5O2. The van der Waals surface area contributed by atoms with E-state index in [1.54, 1.807) is 17.9 Å². The van der Waals surface area contributed by atoms with Crippen LogP contribution in [-0.4, -0.2) is 48.5 Å². The quantitative estimate of drug-likeness (QED) is 0.661. The number of hydrogen-bond acceptors (Lipinski definition) is 4. The van der Waals surface area contributed by atoms with Crippen LogP contribution >= 0.6 is 0 Å². The number of nitrogens with zero attached hydrogens (tertiary/aromatic N) is 3. The number of nitrogens with one attached hydrogen (secondary N) is 2. The summed E-state index contributed by atoms with van der Waals surface area (Å²) in [5, 5.41) is 10.1. The first-order chi connectivity index (χ1) is 13.6. The van der Waals surface area contributed by atoms with E-state index >= 15 is 0 Å². The van der Waals surface area contributed by atoms with E-state index in [2.05, 4.69) is 20.6 Å². The van der Waals surface area contributed by atoms with Crippen molar-refractivity contribution in [3.63, 3.8) is 0 Å². The Labute approximate surface area is 164 Å². The van der Waals surface area contributed by atoms with Crippen molar-refractivity contribution < 1.29 is 9.53 Å². The third kappa shape index (κ3) is 4.89. The molecule has 2 amide bonds. The SMILES string of the molecule is COc1cccc(C(CNC(=O)Nc2ccn(-c3ccccc3)n2)N(C)C)c1. The Balaban J connectivity index is 1.60. The number of benzene rings is 2. The highest BCUT2D eigenvalue weighted by molar-refractivity contribution is 5.88. The molecule has 0 aliphatic rings. The highest BCUT2D eigenvalue weighted by atomic mass is 16.5. The highest BCUT2D eigenvalue weighted by Gasteiger charge is 2.16. The summed E-state index contributed by atoms with van der Waals surface area (Å²) < 4.78 is 7.02. The summed E-state index contributed by atoms with van der Waals surface area (Å²) in [5.41, 5.74) is 2.00. The topological polar surface area (TPSA) is 71.4 Å². The minimum Gasteiger partial charge on any atom is -0.497 e. The molecule has 0 fully saturated rings. The molecule has 0 bridgehead atoms. The Hall–Kier alpha value is -3.32. The summed E-state index contributed by atoms with van der Waals surface area (Å²) in [6, 6.07) is 19.1. The highest BCUT2D eigenvalue weighted by Crippen LogP contribution is 2.22. The number of urea groups is 1. The monoisotopic (exact) mass is 379 g/mol. The van der Waals surface area contributed by atoms with Gasteiger partial charge in [0.2, 0.25) is 0 Å². The second-order valence-corrected chi connectivity index (χ2v) is 6.57. The maximum absolute atomic E-state index is 12.3. The lowest BCUT2D eigenvalue weighted by molar-refractivity contribution is 0.243. The third-order valence-electron chi connectivity index (χ3n) is 4.41. The number of rotatable bonds is 7. The van der Waals surface area contributed by atoms with E-state index in [0.29, 0.717) is 12.4 Å². The van der Waals surface area contributed by atoms with Gasteiger partial charge in [-0.15, -0.1) is 5.10 Å². The Bertz CT molecular complexity index is 908. The molecule has 28 heavy (non-hydrogen) atoms. The average molecular weight is 379 g/mol. The van der Waals surface area contributed by atoms with E-state index in [-0.39, 0.29) is 12.1 Å². The summed E-state index contributed by atoms with van der Waals surface area (Å²) in [5.74, 6) is 1.28. The van der Waals surface area contributed by atoms with E-state index in [4.69, 9.17) is 4.74 Å². The number of carbonyl (C=O) groups is 1. The number of aromatic nitrogens is 2. The van der Waals surface area contributed by atoms with Gasteiger partial charge in [0.1, 0.15) is 5.75 Å². The number of anilines is 1. The molecule has 0 saturated carbocycles. The van der Waals surface area contributed by atoms with Crippen molar-refractivity contribution in [3.05, 3.63) is 72.4 Å². The van der Waals surface area contributed by atoms with Crippen molar-refractivity contribution in [1.29, 1.82) is 0 Å². The van der Waals surface area contributed by atoms with Crippen LogP contribution in [-0.2, 0) is 0 Å². The minimum absolute atomic E-state index is 0.0164. The third-order valence-corrected chi connectivity index (χ3v) is 4.41. The van der Waals surface area contributed by atoms with E-state index in [1.165, 1.54) is 0 Å². The molecule has 0 aliphatic heterocycles. The van der Waals surface area contributed by atoms with Crippen molar-refractivity contribution in [2.45, 2.75) is 6.04 Å². The fourth-order valence-corrected chi connectivity index (χ4v) is 2.91. The fraction of sp³-hybridized carbons (Fsp3) is 0.238.